The van der Waals surface area contributed by atoms with Gasteiger partial charge in [0.1, 0.15) is 5.75 Å². The number of hydrogen-bond donors (Lipinski definition) is 2. The summed E-state index contributed by atoms with van der Waals surface area (Å²) in [6.07, 6.45) is 0. The van der Waals surface area contributed by atoms with E-state index in [9.17, 15) is 8.42 Å². The van der Waals surface area contributed by atoms with Crippen LogP contribution in [0.5, 0.6) is 5.75 Å². The standard InChI is InChI=1S/C9H13BrN2O3S.ClH/c1-15-9-6-7(2-3-8(9)10)16(13,14)12-5-4-11;/h2-3,6,12H,4-5,11H2,1H3;1H. The topological polar surface area (TPSA) is 81.4 Å². The summed E-state index contributed by atoms with van der Waals surface area (Å²) in [5.74, 6) is 0.468. The van der Waals surface area contributed by atoms with E-state index in [0.717, 1.165) is 0 Å². The summed E-state index contributed by atoms with van der Waals surface area (Å²) in [5.41, 5.74) is 5.23. The zero-order chi connectivity index (χ0) is 12.2. The van der Waals surface area contributed by atoms with Crippen molar-refractivity contribution in [3.05, 3.63) is 22.7 Å². The first-order valence-corrected chi connectivity index (χ1v) is 6.82. The Morgan fingerprint density at radius 1 is 1.47 bits per heavy atom. The SMILES string of the molecule is COc1cc(S(=O)(=O)NCCN)ccc1Br.Cl. The summed E-state index contributed by atoms with van der Waals surface area (Å²) < 4.78 is 31.6. The lowest BCUT2D eigenvalue weighted by atomic mass is 10.3. The second kappa shape index (κ2) is 7.17. The van der Waals surface area contributed by atoms with Crippen LogP contribution in [0.3, 0.4) is 0 Å². The maximum absolute atomic E-state index is 11.7. The highest BCUT2D eigenvalue weighted by atomic mass is 79.9. The van der Waals surface area contributed by atoms with Gasteiger partial charge < -0.3 is 10.5 Å². The van der Waals surface area contributed by atoms with Crippen molar-refractivity contribution < 1.29 is 13.2 Å². The minimum Gasteiger partial charge on any atom is -0.496 e. The van der Waals surface area contributed by atoms with E-state index in [1.54, 1.807) is 6.07 Å². The number of benzene rings is 1. The van der Waals surface area contributed by atoms with Crippen molar-refractivity contribution in [2.45, 2.75) is 4.90 Å². The summed E-state index contributed by atoms with van der Waals surface area (Å²) >= 11 is 3.25. The van der Waals surface area contributed by atoms with Crippen molar-refractivity contribution in [1.29, 1.82) is 0 Å². The van der Waals surface area contributed by atoms with E-state index < -0.39 is 10.0 Å². The van der Waals surface area contributed by atoms with Gasteiger partial charge in [-0.1, -0.05) is 0 Å². The number of rotatable bonds is 5. The quantitative estimate of drug-likeness (QED) is 0.838. The molecule has 98 valence electrons. The number of hydrogen-bond acceptors (Lipinski definition) is 4. The van der Waals surface area contributed by atoms with Gasteiger partial charge in [-0.2, -0.15) is 0 Å². The summed E-state index contributed by atoms with van der Waals surface area (Å²) in [6, 6.07) is 4.56. The molecule has 0 amide bonds. The normalized spacial score (nSPS) is 10.8. The number of ether oxygens (including phenoxy) is 1. The van der Waals surface area contributed by atoms with Gasteiger partial charge in [-0.25, -0.2) is 13.1 Å². The zero-order valence-electron chi connectivity index (χ0n) is 9.14. The Kier molecular flexibility index (Phi) is 7.03. The third-order valence-electron chi connectivity index (χ3n) is 1.87. The molecule has 0 saturated carbocycles. The van der Waals surface area contributed by atoms with Gasteiger partial charge in [0.05, 0.1) is 16.5 Å². The Labute approximate surface area is 115 Å². The van der Waals surface area contributed by atoms with Gasteiger partial charge in [0.2, 0.25) is 10.0 Å². The van der Waals surface area contributed by atoms with Gasteiger partial charge in [-0.3, -0.25) is 0 Å². The first-order valence-electron chi connectivity index (χ1n) is 4.54. The molecule has 1 rings (SSSR count). The third kappa shape index (κ3) is 4.44. The summed E-state index contributed by atoms with van der Waals surface area (Å²) in [5, 5.41) is 0. The molecule has 0 aliphatic rings. The first kappa shape index (κ1) is 16.7. The maximum Gasteiger partial charge on any atom is 0.240 e. The van der Waals surface area contributed by atoms with Gasteiger partial charge in [-0.15, -0.1) is 12.4 Å². The minimum atomic E-state index is -3.50. The molecule has 5 nitrogen and oxygen atoms in total. The molecule has 0 aliphatic carbocycles. The highest BCUT2D eigenvalue weighted by Gasteiger charge is 2.14. The van der Waals surface area contributed by atoms with E-state index in [4.69, 9.17) is 10.5 Å². The van der Waals surface area contributed by atoms with Crippen molar-refractivity contribution in [3.8, 4) is 5.75 Å². The lowest BCUT2D eigenvalue weighted by Crippen LogP contribution is -2.29. The van der Waals surface area contributed by atoms with Crippen LogP contribution >= 0.6 is 28.3 Å². The second-order valence-electron chi connectivity index (χ2n) is 2.98. The lowest BCUT2D eigenvalue weighted by Gasteiger charge is -2.08. The molecule has 17 heavy (non-hydrogen) atoms. The zero-order valence-corrected chi connectivity index (χ0v) is 12.4. The van der Waals surface area contributed by atoms with Crippen LogP contribution in [0.25, 0.3) is 0 Å². The lowest BCUT2D eigenvalue weighted by molar-refractivity contribution is 0.410. The van der Waals surface area contributed by atoms with E-state index in [2.05, 4.69) is 20.7 Å². The van der Waals surface area contributed by atoms with E-state index in [0.29, 0.717) is 10.2 Å². The summed E-state index contributed by atoms with van der Waals surface area (Å²) in [4.78, 5) is 0.154. The van der Waals surface area contributed by atoms with E-state index in [1.807, 2.05) is 0 Å². The van der Waals surface area contributed by atoms with E-state index >= 15 is 0 Å². The molecule has 3 N–H and O–H groups in total. The Bertz CT molecular complexity index is 467. The molecule has 0 spiro atoms. The van der Waals surface area contributed by atoms with Gasteiger partial charge in [0, 0.05) is 19.2 Å². The molecule has 1 aromatic rings. The van der Waals surface area contributed by atoms with Crippen LogP contribution in [0, 0.1) is 0 Å². The van der Waals surface area contributed by atoms with Crippen LogP contribution in [-0.4, -0.2) is 28.6 Å². The molecule has 8 heteroatoms. The Balaban J connectivity index is 0.00000256. The summed E-state index contributed by atoms with van der Waals surface area (Å²) in [7, 11) is -2.03. The van der Waals surface area contributed by atoms with Crippen LogP contribution in [0.1, 0.15) is 0 Å². The minimum absolute atomic E-state index is 0. The highest BCUT2D eigenvalue weighted by molar-refractivity contribution is 9.10. The van der Waals surface area contributed by atoms with E-state index in [1.165, 1.54) is 19.2 Å². The molecular formula is C9H14BrClN2O3S. The van der Waals surface area contributed by atoms with Crippen LogP contribution < -0.4 is 15.2 Å². The van der Waals surface area contributed by atoms with Crippen molar-refractivity contribution in [3.63, 3.8) is 0 Å². The fraction of sp³-hybridized carbons (Fsp3) is 0.333. The molecule has 0 fully saturated rings. The third-order valence-corrected chi connectivity index (χ3v) is 3.98. The Morgan fingerprint density at radius 2 is 2.12 bits per heavy atom. The number of nitrogens with one attached hydrogen (secondary N) is 1. The van der Waals surface area contributed by atoms with Crippen LogP contribution in [-0.2, 0) is 10.0 Å². The molecular weight excluding hydrogens is 332 g/mol. The average Bonchev–Trinajstić information content (AvgIpc) is 2.27. The maximum atomic E-state index is 11.7. The van der Waals surface area contributed by atoms with Crippen LogP contribution in [0.2, 0.25) is 0 Å². The average molecular weight is 346 g/mol. The van der Waals surface area contributed by atoms with Crippen LogP contribution in [0.15, 0.2) is 27.6 Å². The molecule has 0 unspecified atom stereocenters. The molecule has 0 aliphatic heterocycles. The monoisotopic (exact) mass is 344 g/mol. The number of halogens is 2. The number of sulfonamides is 1. The predicted molar refractivity (Wildman–Crippen MR) is 72.2 cm³/mol. The molecule has 0 atom stereocenters. The van der Waals surface area contributed by atoms with Gasteiger partial charge in [0.25, 0.3) is 0 Å². The fourth-order valence-electron chi connectivity index (χ4n) is 1.08. The van der Waals surface area contributed by atoms with Gasteiger partial charge in [-0.05, 0) is 28.1 Å². The largest absolute Gasteiger partial charge is 0.496 e. The van der Waals surface area contributed by atoms with E-state index in [-0.39, 0.29) is 30.4 Å². The van der Waals surface area contributed by atoms with Crippen molar-refractivity contribution in [1.82, 2.24) is 4.72 Å². The molecule has 0 radical (unpaired) electrons. The Hall–Kier alpha value is -0.340. The highest BCUT2D eigenvalue weighted by Crippen LogP contribution is 2.27. The van der Waals surface area contributed by atoms with Crippen molar-refractivity contribution in [2.75, 3.05) is 20.2 Å². The number of nitrogens with two attached hydrogens (primary N) is 1. The predicted octanol–water partition coefficient (Wildman–Crippen LogP) is 1.12. The first-order chi connectivity index (χ1) is 7.51. The van der Waals surface area contributed by atoms with Crippen LogP contribution in [0.4, 0.5) is 0 Å². The Morgan fingerprint density at radius 3 is 2.65 bits per heavy atom. The van der Waals surface area contributed by atoms with Gasteiger partial charge >= 0.3 is 0 Å². The second-order valence-corrected chi connectivity index (χ2v) is 5.60. The number of methoxy groups -OCH3 is 1. The summed E-state index contributed by atoms with van der Waals surface area (Å²) in [6.45, 7) is 0.466. The van der Waals surface area contributed by atoms with Gasteiger partial charge in [0.15, 0.2) is 0 Å². The fourth-order valence-corrected chi connectivity index (χ4v) is 2.56. The molecule has 0 bridgehead atoms. The molecule has 0 aromatic heterocycles. The molecule has 0 saturated heterocycles. The van der Waals surface area contributed by atoms with Crippen molar-refractivity contribution >= 4 is 38.4 Å². The molecule has 1 aromatic carbocycles. The molecule has 0 heterocycles. The smallest absolute Gasteiger partial charge is 0.240 e. The van der Waals surface area contributed by atoms with Crippen molar-refractivity contribution in [2.24, 2.45) is 5.73 Å².